The molecule has 0 aliphatic carbocycles. The first kappa shape index (κ1) is 18.6. The lowest BCUT2D eigenvalue weighted by Crippen LogP contribution is -2.30. The van der Waals surface area contributed by atoms with E-state index in [0.29, 0.717) is 55.4 Å². The molecule has 0 unspecified atom stereocenters. The van der Waals surface area contributed by atoms with Crippen LogP contribution in [0.25, 0.3) is 0 Å². The lowest BCUT2D eigenvalue weighted by atomic mass is 10.1. The number of anilines is 1. The van der Waals surface area contributed by atoms with Crippen LogP contribution in [-0.4, -0.2) is 38.1 Å². The van der Waals surface area contributed by atoms with Crippen molar-refractivity contribution in [1.29, 1.82) is 0 Å². The van der Waals surface area contributed by atoms with Gasteiger partial charge in [0.05, 0.1) is 11.3 Å². The molecule has 0 spiro atoms. The lowest BCUT2D eigenvalue weighted by molar-refractivity contribution is -0.117. The summed E-state index contributed by atoms with van der Waals surface area (Å²) in [5.41, 5.74) is 2.09. The van der Waals surface area contributed by atoms with Crippen molar-refractivity contribution in [1.82, 2.24) is 5.32 Å². The zero-order valence-electron chi connectivity index (χ0n) is 15.4. The van der Waals surface area contributed by atoms with Gasteiger partial charge in [0.15, 0.2) is 11.5 Å². The van der Waals surface area contributed by atoms with E-state index >= 15 is 0 Å². The summed E-state index contributed by atoms with van der Waals surface area (Å²) in [6.45, 7) is 2.18. The summed E-state index contributed by atoms with van der Waals surface area (Å²) >= 11 is 6.10. The summed E-state index contributed by atoms with van der Waals surface area (Å²) in [6, 6.07) is 10.8. The Balaban J connectivity index is 1.42. The first-order valence-electron chi connectivity index (χ1n) is 9.38. The average molecular weight is 401 g/mol. The molecule has 1 saturated heterocycles. The molecule has 0 aromatic heterocycles. The number of benzene rings is 2. The van der Waals surface area contributed by atoms with Gasteiger partial charge in [0.1, 0.15) is 13.2 Å². The number of carbonyl (C=O) groups excluding carboxylic acids is 2. The van der Waals surface area contributed by atoms with E-state index in [-0.39, 0.29) is 11.8 Å². The maximum atomic E-state index is 12.7. The van der Waals surface area contributed by atoms with Gasteiger partial charge in [-0.2, -0.15) is 0 Å². The Labute approximate surface area is 168 Å². The molecule has 1 fully saturated rings. The monoisotopic (exact) mass is 400 g/mol. The predicted molar refractivity (Wildman–Crippen MR) is 107 cm³/mol. The first-order chi connectivity index (χ1) is 13.6. The second kappa shape index (κ2) is 8.10. The Morgan fingerprint density at radius 2 is 1.93 bits per heavy atom. The largest absolute Gasteiger partial charge is 0.486 e. The summed E-state index contributed by atoms with van der Waals surface area (Å²) in [7, 11) is 0. The van der Waals surface area contributed by atoms with Gasteiger partial charge in [-0.25, -0.2) is 0 Å². The van der Waals surface area contributed by atoms with Crippen molar-refractivity contribution >= 4 is 29.1 Å². The molecule has 2 aromatic carbocycles. The van der Waals surface area contributed by atoms with Crippen LogP contribution in [0, 0.1) is 0 Å². The van der Waals surface area contributed by atoms with E-state index in [1.54, 1.807) is 23.1 Å². The van der Waals surface area contributed by atoms with Gasteiger partial charge >= 0.3 is 0 Å². The van der Waals surface area contributed by atoms with Crippen molar-refractivity contribution in [2.45, 2.75) is 19.3 Å². The minimum atomic E-state index is -0.219. The minimum Gasteiger partial charge on any atom is -0.486 e. The highest BCUT2D eigenvalue weighted by molar-refractivity contribution is 6.31. The van der Waals surface area contributed by atoms with Crippen LogP contribution in [0.15, 0.2) is 36.4 Å². The number of halogens is 1. The highest BCUT2D eigenvalue weighted by atomic mass is 35.5. The quantitative estimate of drug-likeness (QED) is 0.836. The average Bonchev–Trinajstić information content (AvgIpc) is 3.13. The van der Waals surface area contributed by atoms with Crippen molar-refractivity contribution in [3.8, 4) is 11.5 Å². The summed E-state index contributed by atoms with van der Waals surface area (Å²) in [5.74, 6) is 1.29. The Morgan fingerprint density at radius 3 is 2.71 bits per heavy atom. The van der Waals surface area contributed by atoms with Gasteiger partial charge in [0.2, 0.25) is 5.91 Å². The molecule has 2 aliphatic rings. The van der Waals surface area contributed by atoms with Gasteiger partial charge in [-0.05, 0) is 48.7 Å². The standard InChI is InChI=1S/C21H21ClN2O4/c22-15-4-5-16(17(13-15)24-9-1-2-20(24)25)21(26)23-8-7-14-3-6-18-19(12-14)28-11-10-27-18/h3-6,12-13H,1-2,7-11H2,(H,23,26). The Bertz CT molecular complexity index is 915. The molecule has 0 saturated carbocycles. The topological polar surface area (TPSA) is 67.9 Å². The number of nitrogens with zero attached hydrogens (tertiary/aromatic N) is 1. The van der Waals surface area contributed by atoms with Crippen molar-refractivity contribution in [2.75, 3.05) is 31.2 Å². The maximum absolute atomic E-state index is 12.7. The molecule has 4 rings (SSSR count). The molecule has 1 N–H and O–H groups in total. The number of fused-ring (bicyclic) bond motifs is 1. The summed E-state index contributed by atoms with van der Waals surface area (Å²) in [6.07, 6.45) is 1.95. The van der Waals surface area contributed by atoms with Crippen LogP contribution in [0.1, 0.15) is 28.8 Å². The van der Waals surface area contributed by atoms with Crippen LogP contribution in [0.5, 0.6) is 11.5 Å². The number of hydrogen-bond donors (Lipinski definition) is 1. The van der Waals surface area contributed by atoms with Crippen molar-refractivity contribution in [2.24, 2.45) is 0 Å². The zero-order chi connectivity index (χ0) is 19.5. The van der Waals surface area contributed by atoms with Gasteiger partial charge in [-0.1, -0.05) is 17.7 Å². The summed E-state index contributed by atoms with van der Waals surface area (Å²) in [4.78, 5) is 26.5. The zero-order valence-corrected chi connectivity index (χ0v) is 16.1. The van der Waals surface area contributed by atoms with Gasteiger partial charge in [0.25, 0.3) is 5.91 Å². The van der Waals surface area contributed by atoms with Crippen LogP contribution in [0.3, 0.4) is 0 Å². The number of ether oxygens (including phenoxy) is 2. The molecule has 146 valence electrons. The fourth-order valence-electron chi connectivity index (χ4n) is 3.48. The van der Waals surface area contributed by atoms with Crippen LogP contribution in [0.4, 0.5) is 5.69 Å². The molecule has 2 aromatic rings. The number of amides is 2. The molecular weight excluding hydrogens is 380 g/mol. The van der Waals surface area contributed by atoms with Crippen LogP contribution in [0.2, 0.25) is 5.02 Å². The van der Waals surface area contributed by atoms with Crippen LogP contribution >= 0.6 is 11.6 Å². The second-order valence-corrected chi connectivity index (χ2v) is 7.23. The third-order valence-electron chi connectivity index (χ3n) is 4.87. The van der Waals surface area contributed by atoms with Gasteiger partial charge in [-0.15, -0.1) is 0 Å². The number of rotatable bonds is 5. The van der Waals surface area contributed by atoms with E-state index in [4.69, 9.17) is 21.1 Å². The Hall–Kier alpha value is -2.73. The van der Waals surface area contributed by atoms with E-state index in [9.17, 15) is 9.59 Å². The van der Waals surface area contributed by atoms with E-state index in [1.165, 1.54) is 0 Å². The lowest BCUT2D eigenvalue weighted by Gasteiger charge is -2.20. The third kappa shape index (κ3) is 3.92. The van der Waals surface area contributed by atoms with Gasteiger partial charge in [0, 0.05) is 24.5 Å². The third-order valence-corrected chi connectivity index (χ3v) is 5.11. The molecule has 28 heavy (non-hydrogen) atoms. The van der Waals surface area contributed by atoms with Crippen LogP contribution in [-0.2, 0) is 11.2 Å². The fraction of sp³-hybridized carbons (Fsp3) is 0.333. The van der Waals surface area contributed by atoms with Crippen molar-refractivity contribution in [3.63, 3.8) is 0 Å². The highest BCUT2D eigenvalue weighted by Gasteiger charge is 2.26. The van der Waals surface area contributed by atoms with E-state index in [0.717, 1.165) is 23.5 Å². The summed E-state index contributed by atoms with van der Waals surface area (Å²) in [5, 5.41) is 3.44. The normalized spacial score (nSPS) is 15.6. The van der Waals surface area contributed by atoms with Gasteiger partial charge in [-0.3, -0.25) is 9.59 Å². The Kier molecular flexibility index (Phi) is 5.39. The minimum absolute atomic E-state index is 0.0209. The predicted octanol–water partition coefficient (Wildman–Crippen LogP) is 3.21. The Morgan fingerprint density at radius 1 is 1.11 bits per heavy atom. The van der Waals surface area contributed by atoms with Crippen molar-refractivity contribution in [3.05, 3.63) is 52.5 Å². The second-order valence-electron chi connectivity index (χ2n) is 6.79. The number of carbonyl (C=O) groups is 2. The highest BCUT2D eigenvalue weighted by Crippen LogP contribution is 2.31. The molecule has 2 heterocycles. The SMILES string of the molecule is O=C(NCCc1ccc2c(c1)OCCO2)c1ccc(Cl)cc1N1CCCC1=O. The molecule has 7 heteroatoms. The molecule has 0 atom stereocenters. The smallest absolute Gasteiger partial charge is 0.253 e. The fourth-order valence-corrected chi connectivity index (χ4v) is 3.65. The maximum Gasteiger partial charge on any atom is 0.253 e. The van der Waals surface area contributed by atoms with E-state index in [2.05, 4.69) is 5.32 Å². The van der Waals surface area contributed by atoms with E-state index < -0.39 is 0 Å². The van der Waals surface area contributed by atoms with Gasteiger partial charge < -0.3 is 19.7 Å². The molecule has 0 radical (unpaired) electrons. The molecule has 6 nitrogen and oxygen atoms in total. The van der Waals surface area contributed by atoms with Crippen LogP contribution < -0.4 is 19.7 Å². The summed E-state index contributed by atoms with van der Waals surface area (Å²) < 4.78 is 11.1. The number of nitrogens with one attached hydrogen (secondary N) is 1. The molecule has 2 aliphatic heterocycles. The van der Waals surface area contributed by atoms with E-state index in [1.807, 2.05) is 18.2 Å². The molecule has 0 bridgehead atoms. The number of hydrogen-bond acceptors (Lipinski definition) is 4. The van der Waals surface area contributed by atoms with Crippen molar-refractivity contribution < 1.29 is 19.1 Å². The first-order valence-corrected chi connectivity index (χ1v) is 9.76. The molecule has 2 amide bonds. The molecular formula is C21H21ClN2O4.